The fourth-order valence-corrected chi connectivity index (χ4v) is 10.2. The van der Waals surface area contributed by atoms with Crippen molar-refractivity contribution in [3.63, 3.8) is 0 Å². The first-order valence-corrected chi connectivity index (χ1v) is 18.4. The van der Waals surface area contributed by atoms with Gasteiger partial charge in [-0.2, -0.15) is 0 Å². The summed E-state index contributed by atoms with van der Waals surface area (Å²) in [6.45, 7) is 4.84. The number of hydrogen-bond acceptors (Lipinski definition) is 1. The fourth-order valence-electron chi connectivity index (χ4n) is 10.2. The lowest BCUT2D eigenvalue weighted by Crippen LogP contribution is -2.19. The molecule has 0 aromatic heterocycles. The molecule has 0 spiro atoms. The van der Waals surface area contributed by atoms with Crippen LogP contribution >= 0.6 is 0 Å². The molecule has 0 aliphatic heterocycles. The molecule has 1 heteroatoms. The summed E-state index contributed by atoms with van der Waals surface area (Å²) in [6.07, 6.45) is 12.5. The molecule has 3 saturated carbocycles. The van der Waals surface area contributed by atoms with Crippen LogP contribution in [0.3, 0.4) is 0 Å². The SMILES string of the molecule is CC1(C)c2ccccc2-c2ccc(N(c3ccc(C4CCCCC4)cc3)c3ccc(C4CC5CCC4C5)cc3)c(-c3ccccc3)c21. The molecule has 4 aliphatic rings. The van der Waals surface area contributed by atoms with Gasteiger partial charge in [0.1, 0.15) is 0 Å². The van der Waals surface area contributed by atoms with E-state index < -0.39 is 0 Å². The molecule has 3 atom stereocenters. The Morgan fingerprint density at radius 2 is 1.26 bits per heavy atom. The number of anilines is 3. The minimum absolute atomic E-state index is 0.116. The molecule has 3 fully saturated rings. The van der Waals surface area contributed by atoms with Crippen LogP contribution in [0.4, 0.5) is 17.1 Å². The van der Waals surface area contributed by atoms with E-state index in [-0.39, 0.29) is 5.41 Å². The highest BCUT2D eigenvalue weighted by atomic mass is 15.1. The van der Waals surface area contributed by atoms with Gasteiger partial charge in [-0.15, -0.1) is 0 Å². The highest BCUT2D eigenvalue weighted by Crippen LogP contribution is 2.56. The van der Waals surface area contributed by atoms with Crippen LogP contribution in [-0.2, 0) is 5.41 Å². The summed E-state index contributed by atoms with van der Waals surface area (Å²) >= 11 is 0. The summed E-state index contributed by atoms with van der Waals surface area (Å²) in [6, 6.07) is 44.4. The van der Waals surface area contributed by atoms with Crippen molar-refractivity contribution in [3.05, 3.63) is 138 Å². The van der Waals surface area contributed by atoms with E-state index in [1.54, 1.807) is 5.56 Å². The standard InChI is InChI=1S/C46H47N/c1-46(2)42-16-10-9-15-39(42)40-27-28-43(44(45(40)46)35-13-7-4-8-14-35)47(37-23-19-33(20-24-37)32-11-5-3-6-12-32)38-25-21-34(22-26-38)41-30-31-17-18-36(41)29-31/h4,7-10,13-16,19-28,31-32,36,41H,3,5-6,11-12,17-18,29-30H2,1-2H3. The normalized spacial score (nSPS) is 22.6. The minimum atomic E-state index is -0.116. The van der Waals surface area contributed by atoms with Crippen molar-refractivity contribution in [1.82, 2.24) is 0 Å². The van der Waals surface area contributed by atoms with Crippen LogP contribution in [0.1, 0.15) is 106 Å². The summed E-state index contributed by atoms with van der Waals surface area (Å²) in [5, 5.41) is 0. The molecule has 236 valence electrons. The molecule has 5 aromatic carbocycles. The summed E-state index contributed by atoms with van der Waals surface area (Å²) < 4.78 is 0. The van der Waals surface area contributed by atoms with Crippen LogP contribution in [0.15, 0.2) is 115 Å². The maximum atomic E-state index is 2.55. The second kappa shape index (κ2) is 11.6. The molecule has 0 amide bonds. The Morgan fingerprint density at radius 1 is 0.574 bits per heavy atom. The van der Waals surface area contributed by atoms with Crippen LogP contribution in [0.25, 0.3) is 22.3 Å². The van der Waals surface area contributed by atoms with Crippen LogP contribution < -0.4 is 4.90 Å². The van der Waals surface area contributed by atoms with Gasteiger partial charge in [-0.3, -0.25) is 0 Å². The van der Waals surface area contributed by atoms with E-state index >= 15 is 0 Å². The lowest BCUT2D eigenvalue weighted by atomic mass is 9.78. The van der Waals surface area contributed by atoms with E-state index in [1.165, 1.54) is 114 Å². The summed E-state index contributed by atoms with van der Waals surface area (Å²) in [7, 11) is 0. The highest BCUT2D eigenvalue weighted by Gasteiger charge is 2.41. The smallest absolute Gasteiger partial charge is 0.0543 e. The van der Waals surface area contributed by atoms with Gasteiger partial charge in [0.15, 0.2) is 0 Å². The Kier molecular flexibility index (Phi) is 7.14. The molecule has 4 aliphatic carbocycles. The molecule has 1 nitrogen and oxygen atoms in total. The van der Waals surface area contributed by atoms with Crippen LogP contribution in [-0.4, -0.2) is 0 Å². The van der Waals surface area contributed by atoms with Crippen molar-refractivity contribution in [2.45, 2.75) is 88.9 Å². The average molecular weight is 614 g/mol. The average Bonchev–Trinajstić information content (AvgIpc) is 3.83. The lowest BCUT2D eigenvalue weighted by molar-refractivity contribution is 0.420. The maximum Gasteiger partial charge on any atom is 0.0543 e. The van der Waals surface area contributed by atoms with Crippen LogP contribution in [0, 0.1) is 11.8 Å². The van der Waals surface area contributed by atoms with E-state index in [0.717, 1.165) is 17.8 Å². The molecular formula is C46H47N. The predicted octanol–water partition coefficient (Wildman–Crippen LogP) is 13.1. The van der Waals surface area contributed by atoms with Gasteiger partial charge in [0.2, 0.25) is 0 Å². The minimum Gasteiger partial charge on any atom is -0.310 e. The van der Waals surface area contributed by atoms with Crippen molar-refractivity contribution < 1.29 is 0 Å². The largest absolute Gasteiger partial charge is 0.310 e. The van der Waals surface area contributed by atoms with Gasteiger partial charge in [0.25, 0.3) is 0 Å². The molecule has 0 N–H and O–H groups in total. The van der Waals surface area contributed by atoms with Gasteiger partial charge in [-0.05, 0) is 125 Å². The van der Waals surface area contributed by atoms with Crippen molar-refractivity contribution in [2.75, 3.05) is 4.90 Å². The molecule has 2 bridgehead atoms. The van der Waals surface area contributed by atoms with Gasteiger partial charge in [0, 0.05) is 22.4 Å². The van der Waals surface area contributed by atoms with Crippen molar-refractivity contribution in [3.8, 4) is 22.3 Å². The highest BCUT2D eigenvalue weighted by molar-refractivity contribution is 5.97. The molecule has 47 heavy (non-hydrogen) atoms. The van der Waals surface area contributed by atoms with Gasteiger partial charge >= 0.3 is 0 Å². The van der Waals surface area contributed by atoms with Gasteiger partial charge in [-0.25, -0.2) is 0 Å². The third kappa shape index (κ3) is 4.88. The van der Waals surface area contributed by atoms with E-state index in [9.17, 15) is 0 Å². The first-order valence-electron chi connectivity index (χ1n) is 18.4. The number of fused-ring (bicyclic) bond motifs is 5. The zero-order chi connectivity index (χ0) is 31.5. The number of benzene rings is 5. The molecule has 3 unspecified atom stereocenters. The summed E-state index contributed by atoms with van der Waals surface area (Å²) in [4.78, 5) is 2.55. The second-order valence-corrected chi connectivity index (χ2v) is 15.6. The predicted molar refractivity (Wildman–Crippen MR) is 198 cm³/mol. The first-order chi connectivity index (χ1) is 23.1. The van der Waals surface area contributed by atoms with Gasteiger partial charge in [0.05, 0.1) is 5.69 Å². The molecular weight excluding hydrogens is 567 g/mol. The summed E-state index contributed by atoms with van der Waals surface area (Å²) in [5.41, 5.74) is 14.9. The summed E-state index contributed by atoms with van der Waals surface area (Å²) in [5.74, 6) is 3.28. The Morgan fingerprint density at radius 3 is 1.94 bits per heavy atom. The third-order valence-electron chi connectivity index (χ3n) is 12.5. The monoisotopic (exact) mass is 613 g/mol. The Labute approximate surface area is 281 Å². The fraction of sp³-hybridized carbons (Fsp3) is 0.348. The Hall–Kier alpha value is -4.10. The second-order valence-electron chi connectivity index (χ2n) is 15.6. The Bertz CT molecular complexity index is 1890. The third-order valence-corrected chi connectivity index (χ3v) is 12.5. The van der Waals surface area contributed by atoms with E-state index in [4.69, 9.17) is 0 Å². The van der Waals surface area contributed by atoms with E-state index in [1.807, 2.05) is 0 Å². The molecule has 5 aromatic rings. The zero-order valence-corrected chi connectivity index (χ0v) is 28.1. The van der Waals surface area contributed by atoms with Crippen molar-refractivity contribution in [1.29, 1.82) is 0 Å². The zero-order valence-electron chi connectivity index (χ0n) is 28.1. The number of nitrogens with zero attached hydrogens (tertiary/aromatic N) is 1. The quantitative estimate of drug-likeness (QED) is 0.184. The Balaban J connectivity index is 1.22. The molecule has 0 radical (unpaired) electrons. The number of hydrogen-bond donors (Lipinski definition) is 0. The first kappa shape index (κ1) is 29.1. The van der Waals surface area contributed by atoms with Crippen LogP contribution in [0.5, 0.6) is 0 Å². The molecule has 9 rings (SSSR count). The van der Waals surface area contributed by atoms with Crippen molar-refractivity contribution >= 4 is 17.1 Å². The maximum absolute atomic E-state index is 2.55. The lowest BCUT2D eigenvalue weighted by Gasteiger charge is -2.33. The van der Waals surface area contributed by atoms with Gasteiger partial charge in [-0.1, -0.05) is 124 Å². The molecule has 0 heterocycles. The molecule has 0 saturated heterocycles. The van der Waals surface area contributed by atoms with Gasteiger partial charge < -0.3 is 4.90 Å². The topological polar surface area (TPSA) is 3.24 Å². The van der Waals surface area contributed by atoms with Crippen molar-refractivity contribution in [2.24, 2.45) is 11.8 Å². The van der Waals surface area contributed by atoms with Crippen LogP contribution in [0.2, 0.25) is 0 Å². The number of rotatable bonds is 6. The van der Waals surface area contributed by atoms with E-state index in [2.05, 4.69) is 134 Å². The van der Waals surface area contributed by atoms with E-state index in [0.29, 0.717) is 5.92 Å².